The molecule has 3 aliphatic rings. The van der Waals surface area contributed by atoms with Gasteiger partial charge in [0.05, 0.1) is 0 Å². The van der Waals surface area contributed by atoms with Crippen LogP contribution in [-0.4, -0.2) is 18.0 Å². The van der Waals surface area contributed by atoms with E-state index >= 15 is 0 Å². The number of esters is 2. The molecule has 0 radical (unpaired) electrons. The molecule has 0 bridgehead atoms. The minimum Gasteiger partial charge on any atom is -0.461 e. The zero-order chi connectivity index (χ0) is 18.5. The SMILES string of the molecule is CC(=O)Oc1ccc2c(c1)CCC1=C2CC[C@@]2(C)C1=CC[C@H]2OC(C)=O. The molecule has 1 aromatic carbocycles. The molecular weight excluding hydrogens is 328 g/mol. The first-order chi connectivity index (χ1) is 12.4. The summed E-state index contributed by atoms with van der Waals surface area (Å²) in [5, 5.41) is 0. The molecule has 0 aromatic heterocycles. The molecule has 0 saturated heterocycles. The van der Waals surface area contributed by atoms with Crippen LogP contribution in [0, 0.1) is 5.41 Å². The van der Waals surface area contributed by atoms with Gasteiger partial charge in [0.15, 0.2) is 0 Å². The van der Waals surface area contributed by atoms with Gasteiger partial charge in [-0.05, 0) is 65.7 Å². The van der Waals surface area contributed by atoms with Crippen LogP contribution in [0.25, 0.3) is 5.57 Å². The van der Waals surface area contributed by atoms with E-state index in [1.54, 1.807) is 0 Å². The van der Waals surface area contributed by atoms with Crippen molar-refractivity contribution in [3.05, 3.63) is 46.5 Å². The maximum Gasteiger partial charge on any atom is 0.308 e. The highest BCUT2D eigenvalue weighted by molar-refractivity contribution is 5.80. The lowest BCUT2D eigenvalue weighted by Gasteiger charge is -2.41. The zero-order valence-corrected chi connectivity index (χ0v) is 15.6. The van der Waals surface area contributed by atoms with Crippen LogP contribution in [0.1, 0.15) is 57.6 Å². The first-order valence-corrected chi connectivity index (χ1v) is 9.30. The number of ether oxygens (including phenoxy) is 2. The molecule has 136 valence electrons. The summed E-state index contributed by atoms with van der Waals surface area (Å²) in [5.41, 5.74) is 6.68. The predicted molar refractivity (Wildman–Crippen MR) is 98.6 cm³/mol. The Labute approximate surface area is 153 Å². The number of fused-ring (bicyclic) bond motifs is 4. The summed E-state index contributed by atoms with van der Waals surface area (Å²) in [6.45, 7) is 5.16. The minimum atomic E-state index is -0.290. The highest BCUT2D eigenvalue weighted by Crippen LogP contribution is 2.56. The van der Waals surface area contributed by atoms with E-state index < -0.39 is 0 Å². The van der Waals surface area contributed by atoms with E-state index in [0.717, 1.165) is 32.1 Å². The molecule has 0 heterocycles. The third kappa shape index (κ3) is 2.68. The predicted octanol–water partition coefficient (Wildman–Crippen LogP) is 4.37. The number of hydrogen-bond acceptors (Lipinski definition) is 4. The molecule has 0 saturated carbocycles. The monoisotopic (exact) mass is 352 g/mol. The van der Waals surface area contributed by atoms with Gasteiger partial charge in [0.1, 0.15) is 11.9 Å². The molecule has 1 aromatic rings. The fraction of sp³-hybridized carbons (Fsp3) is 0.455. The van der Waals surface area contributed by atoms with E-state index in [4.69, 9.17) is 9.47 Å². The molecule has 0 N–H and O–H groups in total. The molecule has 3 aliphatic carbocycles. The molecule has 4 nitrogen and oxygen atoms in total. The minimum absolute atomic E-state index is 0.0446. The molecule has 26 heavy (non-hydrogen) atoms. The topological polar surface area (TPSA) is 52.6 Å². The fourth-order valence-electron chi connectivity index (χ4n) is 4.88. The van der Waals surface area contributed by atoms with Crippen molar-refractivity contribution in [1.82, 2.24) is 0 Å². The Morgan fingerprint density at radius 2 is 1.88 bits per heavy atom. The number of benzene rings is 1. The van der Waals surface area contributed by atoms with Crippen molar-refractivity contribution in [3.63, 3.8) is 0 Å². The molecule has 0 aliphatic heterocycles. The third-order valence-electron chi connectivity index (χ3n) is 6.06. The third-order valence-corrected chi connectivity index (χ3v) is 6.06. The average Bonchev–Trinajstić information content (AvgIpc) is 2.90. The van der Waals surface area contributed by atoms with Crippen molar-refractivity contribution in [2.24, 2.45) is 5.41 Å². The molecule has 0 amide bonds. The number of rotatable bonds is 2. The normalized spacial score (nSPS) is 26.4. The van der Waals surface area contributed by atoms with Crippen LogP contribution < -0.4 is 4.74 Å². The Morgan fingerprint density at radius 3 is 2.62 bits per heavy atom. The summed E-state index contributed by atoms with van der Waals surface area (Å²) in [7, 11) is 0. The number of aryl methyl sites for hydroxylation is 1. The lowest BCUT2D eigenvalue weighted by Crippen LogP contribution is -2.36. The van der Waals surface area contributed by atoms with E-state index in [2.05, 4.69) is 19.1 Å². The highest BCUT2D eigenvalue weighted by Gasteiger charge is 2.47. The lowest BCUT2D eigenvalue weighted by atomic mass is 9.65. The average molecular weight is 352 g/mol. The number of carbonyl (C=O) groups excluding carboxylic acids is 2. The standard InChI is InChI=1S/C22H24O4/c1-13(23)25-16-5-7-17-15(12-16)4-6-19-18(17)10-11-22(3)20(19)8-9-21(22)26-14(2)24/h5,7-8,12,21H,4,6,9-11H2,1-3H3/t21-,22+/m1/s1. The molecule has 4 heteroatoms. The van der Waals surface area contributed by atoms with Gasteiger partial charge in [-0.25, -0.2) is 0 Å². The van der Waals surface area contributed by atoms with Crippen LogP contribution in [0.3, 0.4) is 0 Å². The summed E-state index contributed by atoms with van der Waals surface area (Å²) in [5.74, 6) is 0.135. The Kier molecular flexibility index (Phi) is 4.02. The van der Waals surface area contributed by atoms with Gasteiger partial charge in [-0.3, -0.25) is 9.59 Å². The van der Waals surface area contributed by atoms with Crippen molar-refractivity contribution in [2.45, 2.75) is 59.0 Å². The summed E-state index contributed by atoms with van der Waals surface area (Å²) in [6.07, 6.45) is 6.94. The Bertz CT molecular complexity index is 861. The van der Waals surface area contributed by atoms with Crippen molar-refractivity contribution < 1.29 is 19.1 Å². The smallest absolute Gasteiger partial charge is 0.308 e. The van der Waals surface area contributed by atoms with Gasteiger partial charge in [-0.15, -0.1) is 0 Å². The van der Waals surface area contributed by atoms with Crippen LogP contribution in [0.2, 0.25) is 0 Å². The number of hydrogen-bond donors (Lipinski definition) is 0. The summed E-state index contributed by atoms with van der Waals surface area (Å²) in [6, 6.07) is 5.97. The first kappa shape index (κ1) is 17.1. The Balaban J connectivity index is 1.69. The van der Waals surface area contributed by atoms with Crippen LogP contribution in [0.4, 0.5) is 0 Å². The highest BCUT2D eigenvalue weighted by atomic mass is 16.5. The van der Waals surface area contributed by atoms with E-state index in [0.29, 0.717) is 5.75 Å². The lowest BCUT2D eigenvalue weighted by molar-refractivity contribution is -0.150. The largest absolute Gasteiger partial charge is 0.461 e. The van der Waals surface area contributed by atoms with Gasteiger partial charge in [0, 0.05) is 25.7 Å². The van der Waals surface area contributed by atoms with Crippen LogP contribution in [0.5, 0.6) is 5.75 Å². The second-order valence-corrected chi connectivity index (χ2v) is 7.74. The molecule has 0 spiro atoms. The van der Waals surface area contributed by atoms with Crippen LogP contribution in [0.15, 0.2) is 35.4 Å². The zero-order valence-electron chi connectivity index (χ0n) is 15.6. The van der Waals surface area contributed by atoms with Gasteiger partial charge in [0.25, 0.3) is 0 Å². The van der Waals surface area contributed by atoms with Crippen LogP contribution >= 0.6 is 0 Å². The van der Waals surface area contributed by atoms with Crippen LogP contribution in [-0.2, 0) is 20.7 Å². The quantitative estimate of drug-likeness (QED) is 0.586. The van der Waals surface area contributed by atoms with E-state index in [-0.39, 0.29) is 23.5 Å². The van der Waals surface area contributed by atoms with Crippen molar-refractivity contribution in [1.29, 1.82) is 0 Å². The molecule has 0 unspecified atom stereocenters. The second kappa shape index (κ2) is 6.11. The molecule has 2 atom stereocenters. The van der Waals surface area contributed by atoms with Crippen molar-refractivity contribution >= 4 is 17.5 Å². The first-order valence-electron chi connectivity index (χ1n) is 9.30. The Hall–Kier alpha value is -2.36. The fourth-order valence-corrected chi connectivity index (χ4v) is 4.88. The van der Waals surface area contributed by atoms with Gasteiger partial charge in [-0.1, -0.05) is 19.1 Å². The molecule has 4 rings (SSSR count). The number of carbonyl (C=O) groups is 2. The van der Waals surface area contributed by atoms with E-state index in [9.17, 15) is 9.59 Å². The summed E-state index contributed by atoms with van der Waals surface area (Å²) >= 11 is 0. The maximum absolute atomic E-state index is 11.5. The second-order valence-electron chi connectivity index (χ2n) is 7.74. The van der Waals surface area contributed by atoms with E-state index in [1.165, 1.54) is 41.7 Å². The van der Waals surface area contributed by atoms with Crippen molar-refractivity contribution in [3.8, 4) is 5.75 Å². The molecular formula is C22H24O4. The number of allylic oxidation sites excluding steroid dienone is 2. The maximum atomic E-state index is 11.5. The van der Waals surface area contributed by atoms with Gasteiger partial charge >= 0.3 is 11.9 Å². The summed E-state index contributed by atoms with van der Waals surface area (Å²) < 4.78 is 10.9. The van der Waals surface area contributed by atoms with Gasteiger partial charge < -0.3 is 9.47 Å². The van der Waals surface area contributed by atoms with E-state index in [1.807, 2.05) is 12.1 Å². The van der Waals surface area contributed by atoms with Gasteiger partial charge in [0.2, 0.25) is 0 Å². The van der Waals surface area contributed by atoms with Crippen molar-refractivity contribution in [2.75, 3.05) is 0 Å². The van der Waals surface area contributed by atoms with Gasteiger partial charge in [-0.2, -0.15) is 0 Å². The Morgan fingerprint density at radius 1 is 1.08 bits per heavy atom. The summed E-state index contributed by atoms with van der Waals surface area (Å²) in [4.78, 5) is 22.7. The molecule has 0 fully saturated rings.